The van der Waals surface area contributed by atoms with E-state index in [1.54, 1.807) is 23.1 Å². The van der Waals surface area contributed by atoms with Gasteiger partial charge in [0.1, 0.15) is 5.92 Å². The summed E-state index contributed by atoms with van der Waals surface area (Å²) >= 11 is 12.2. The molecule has 2 aliphatic heterocycles. The molecule has 0 saturated carbocycles. The Balaban J connectivity index is 1.66. The van der Waals surface area contributed by atoms with Crippen molar-refractivity contribution in [1.29, 1.82) is 0 Å². The Hall–Kier alpha value is -1.30. The number of hydrogen-bond donors (Lipinski definition) is 1. The zero-order valence-corrected chi connectivity index (χ0v) is 15.8. The van der Waals surface area contributed by atoms with Gasteiger partial charge in [-0.05, 0) is 57.0 Å². The smallest absolute Gasteiger partial charge is 0.239 e. The van der Waals surface area contributed by atoms with Gasteiger partial charge in [-0.15, -0.1) is 0 Å². The van der Waals surface area contributed by atoms with E-state index in [9.17, 15) is 9.59 Å². The van der Waals surface area contributed by atoms with Crippen LogP contribution in [-0.2, 0) is 9.59 Å². The molecule has 1 N–H and O–H groups in total. The van der Waals surface area contributed by atoms with Crippen LogP contribution in [0.5, 0.6) is 0 Å². The predicted molar refractivity (Wildman–Crippen MR) is 100 cm³/mol. The van der Waals surface area contributed by atoms with Gasteiger partial charge in [0, 0.05) is 24.7 Å². The number of nitrogens with one attached hydrogen (secondary N) is 1. The minimum Gasteiger partial charge on any atom is -0.342 e. The molecule has 2 amide bonds. The van der Waals surface area contributed by atoms with E-state index < -0.39 is 5.92 Å². The molecule has 1 atom stereocenters. The number of rotatable bonds is 4. The Bertz CT molecular complexity index is 660. The molecule has 25 heavy (non-hydrogen) atoms. The summed E-state index contributed by atoms with van der Waals surface area (Å²) in [5, 5.41) is 4.18. The van der Waals surface area contributed by atoms with Gasteiger partial charge in [0.2, 0.25) is 11.8 Å². The van der Waals surface area contributed by atoms with Crippen LogP contribution in [0.15, 0.2) is 18.2 Å². The van der Waals surface area contributed by atoms with Crippen LogP contribution in [-0.4, -0.2) is 49.9 Å². The van der Waals surface area contributed by atoms with Gasteiger partial charge in [0.25, 0.3) is 0 Å². The van der Waals surface area contributed by atoms with Gasteiger partial charge in [0.15, 0.2) is 0 Å². The summed E-state index contributed by atoms with van der Waals surface area (Å²) in [7, 11) is 1.95. The van der Waals surface area contributed by atoms with E-state index in [1.807, 2.05) is 11.9 Å². The third-order valence-corrected chi connectivity index (χ3v) is 5.68. The van der Waals surface area contributed by atoms with Gasteiger partial charge in [0.05, 0.1) is 10.7 Å². The SMILES string of the molecule is CNCC1CCN(C(=O)C2CCN(c3cc(Cl)ccc3Cl)C2=O)CC1. The van der Waals surface area contributed by atoms with Crippen molar-refractivity contribution in [2.45, 2.75) is 19.3 Å². The lowest BCUT2D eigenvalue weighted by atomic mass is 9.95. The fraction of sp³-hybridized carbons (Fsp3) is 0.556. The van der Waals surface area contributed by atoms with Crippen LogP contribution in [0.3, 0.4) is 0 Å². The van der Waals surface area contributed by atoms with Gasteiger partial charge in [-0.1, -0.05) is 23.2 Å². The summed E-state index contributed by atoms with van der Waals surface area (Å²) in [6.45, 7) is 2.93. The van der Waals surface area contributed by atoms with Gasteiger partial charge >= 0.3 is 0 Å². The topological polar surface area (TPSA) is 52.7 Å². The van der Waals surface area contributed by atoms with Gasteiger partial charge in [-0.25, -0.2) is 0 Å². The Morgan fingerprint density at radius 2 is 1.92 bits per heavy atom. The highest BCUT2D eigenvalue weighted by Gasteiger charge is 2.40. The number of piperidine rings is 1. The molecule has 136 valence electrons. The average molecular weight is 384 g/mol. The van der Waals surface area contributed by atoms with Gasteiger partial charge < -0.3 is 15.1 Å². The number of anilines is 1. The second-order valence-electron chi connectivity index (χ2n) is 6.75. The van der Waals surface area contributed by atoms with E-state index in [4.69, 9.17) is 23.2 Å². The van der Waals surface area contributed by atoms with E-state index in [2.05, 4.69) is 5.32 Å². The number of likely N-dealkylation sites (tertiary alicyclic amines) is 1. The molecule has 2 saturated heterocycles. The lowest BCUT2D eigenvalue weighted by molar-refractivity contribution is -0.141. The summed E-state index contributed by atoms with van der Waals surface area (Å²) in [6, 6.07) is 5.04. The zero-order chi connectivity index (χ0) is 18.0. The third-order valence-electron chi connectivity index (χ3n) is 5.12. The standard InChI is InChI=1S/C18H23Cl2N3O2/c1-21-11-12-4-7-22(8-5-12)17(24)14-6-9-23(18(14)25)16-10-13(19)2-3-15(16)20/h2-3,10,12,14,21H,4-9,11H2,1H3. The lowest BCUT2D eigenvalue weighted by Crippen LogP contribution is -2.45. The van der Waals surface area contributed by atoms with Crippen LogP contribution < -0.4 is 10.2 Å². The first kappa shape index (κ1) is 18.5. The Labute approximate surface area is 158 Å². The Kier molecular flexibility index (Phi) is 5.87. The van der Waals surface area contributed by atoms with Crippen molar-refractivity contribution in [1.82, 2.24) is 10.2 Å². The van der Waals surface area contributed by atoms with Crippen molar-refractivity contribution in [3.05, 3.63) is 28.2 Å². The zero-order valence-electron chi connectivity index (χ0n) is 14.3. The molecule has 7 heteroatoms. The van der Waals surface area contributed by atoms with Crippen LogP contribution in [0.4, 0.5) is 5.69 Å². The fourth-order valence-electron chi connectivity index (χ4n) is 3.71. The van der Waals surface area contributed by atoms with Crippen LogP contribution in [0, 0.1) is 11.8 Å². The Morgan fingerprint density at radius 3 is 2.60 bits per heavy atom. The van der Waals surface area contributed by atoms with Crippen molar-refractivity contribution in [2.75, 3.05) is 38.1 Å². The van der Waals surface area contributed by atoms with Crippen molar-refractivity contribution >= 4 is 40.7 Å². The highest BCUT2D eigenvalue weighted by atomic mass is 35.5. The lowest BCUT2D eigenvalue weighted by Gasteiger charge is -2.33. The van der Waals surface area contributed by atoms with Crippen molar-refractivity contribution in [3.8, 4) is 0 Å². The largest absolute Gasteiger partial charge is 0.342 e. The summed E-state index contributed by atoms with van der Waals surface area (Å²) < 4.78 is 0. The second-order valence-corrected chi connectivity index (χ2v) is 7.60. The molecular formula is C18H23Cl2N3O2. The highest BCUT2D eigenvalue weighted by molar-refractivity contribution is 6.36. The van der Waals surface area contributed by atoms with E-state index in [1.165, 1.54) is 0 Å². The first-order valence-corrected chi connectivity index (χ1v) is 9.46. The molecule has 0 spiro atoms. The maximum absolute atomic E-state index is 12.8. The van der Waals surface area contributed by atoms with Crippen LogP contribution in [0.25, 0.3) is 0 Å². The first-order valence-electron chi connectivity index (χ1n) is 8.71. The molecule has 0 radical (unpaired) electrons. The van der Waals surface area contributed by atoms with E-state index >= 15 is 0 Å². The summed E-state index contributed by atoms with van der Waals surface area (Å²) in [5.74, 6) is -0.217. The number of carbonyl (C=O) groups excluding carboxylic acids is 2. The molecule has 2 heterocycles. The van der Waals surface area contributed by atoms with Gasteiger partial charge in [-0.3, -0.25) is 9.59 Å². The summed E-state index contributed by atoms with van der Waals surface area (Å²) in [6.07, 6.45) is 2.49. The molecule has 1 aromatic rings. The third kappa shape index (κ3) is 3.94. The molecule has 1 unspecified atom stereocenters. The second kappa shape index (κ2) is 7.94. The maximum atomic E-state index is 12.8. The number of nitrogens with zero attached hydrogens (tertiary/aromatic N) is 2. The molecule has 3 rings (SSSR count). The predicted octanol–water partition coefficient (Wildman–Crippen LogP) is 2.80. The monoisotopic (exact) mass is 383 g/mol. The van der Waals surface area contributed by atoms with Crippen LogP contribution >= 0.6 is 23.2 Å². The van der Waals surface area contributed by atoms with E-state index in [-0.39, 0.29) is 11.8 Å². The molecular weight excluding hydrogens is 361 g/mol. The minimum absolute atomic E-state index is 0.0476. The number of halogens is 2. The number of carbonyl (C=O) groups is 2. The van der Waals surface area contributed by atoms with Crippen LogP contribution in [0.2, 0.25) is 10.0 Å². The minimum atomic E-state index is -0.601. The molecule has 0 bridgehead atoms. The van der Waals surface area contributed by atoms with E-state index in [0.29, 0.717) is 34.6 Å². The normalized spacial score (nSPS) is 21.9. The maximum Gasteiger partial charge on any atom is 0.239 e. The quantitative estimate of drug-likeness (QED) is 0.813. The van der Waals surface area contributed by atoms with Crippen LogP contribution in [0.1, 0.15) is 19.3 Å². The highest BCUT2D eigenvalue weighted by Crippen LogP contribution is 2.34. The molecule has 0 aliphatic carbocycles. The Morgan fingerprint density at radius 1 is 1.20 bits per heavy atom. The molecule has 1 aromatic carbocycles. The molecule has 5 nitrogen and oxygen atoms in total. The fourth-order valence-corrected chi connectivity index (χ4v) is 4.09. The van der Waals surface area contributed by atoms with E-state index in [0.717, 1.165) is 32.5 Å². The molecule has 2 fully saturated rings. The first-order chi connectivity index (χ1) is 12.0. The number of amides is 2. The molecule has 0 aromatic heterocycles. The van der Waals surface area contributed by atoms with Crippen molar-refractivity contribution in [2.24, 2.45) is 11.8 Å². The van der Waals surface area contributed by atoms with Gasteiger partial charge in [-0.2, -0.15) is 0 Å². The number of hydrogen-bond acceptors (Lipinski definition) is 3. The number of benzene rings is 1. The molecule has 2 aliphatic rings. The summed E-state index contributed by atoms with van der Waals surface area (Å²) in [5.41, 5.74) is 0.585. The van der Waals surface area contributed by atoms with Crippen molar-refractivity contribution < 1.29 is 9.59 Å². The van der Waals surface area contributed by atoms with Crippen molar-refractivity contribution in [3.63, 3.8) is 0 Å². The summed E-state index contributed by atoms with van der Waals surface area (Å²) in [4.78, 5) is 29.0. The average Bonchev–Trinajstić information content (AvgIpc) is 2.99.